The Labute approximate surface area is 119 Å². The highest BCUT2D eigenvalue weighted by Crippen LogP contribution is 2.22. The molecule has 2 aromatic rings. The molecule has 104 valence electrons. The summed E-state index contributed by atoms with van der Waals surface area (Å²) in [6.45, 7) is 4.01. The van der Waals surface area contributed by atoms with Gasteiger partial charge in [-0.25, -0.2) is 0 Å². The predicted octanol–water partition coefficient (Wildman–Crippen LogP) is 2.74. The summed E-state index contributed by atoms with van der Waals surface area (Å²) in [5.41, 5.74) is 16.0. The van der Waals surface area contributed by atoms with Crippen LogP contribution in [0.4, 0.5) is 17.1 Å². The lowest BCUT2D eigenvalue weighted by Gasteiger charge is -2.19. The van der Waals surface area contributed by atoms with Crippen LogP contribution in [0, 0.1) is 13.8 Å². The van der Waals surface area contributed by atoms with E-state index in [-0.39, 0.29) is 5.91 Å². The Morgan fingerprint density at radius 1 is 1.00 bits per heavy atom. The van der Waals surface area contributed by atoms with Crippen LogP contribution in [0.25, 0.3) is 0 Å². The van der Waals surface area contributed by atoms with Crippen LogP contribution in [-0.2, 0) is 0 Å². The summed E-state index contributed by atoms with van der Waals surface area (Å²) in [6.07, 6.45) is 0. The fourth-order valence-electron chi connectivity index (χ4n) is 2.22. The number of hydrogen-bond donors (Lipinski definition) is 2. The monoisotopic (exact) mass is 269 g/mol. The van der Waals surface area contributed by atoms with E-state index in [9.17, 15) is 4.79 Å². The molecule has 0 saturated heterocycles. The largest absolute Gasteiger partial charge is 0.399 e. The Morgan fingerprint density at radius 2 is 1.60 bits per heavy atom. The van der Waals surface area contributed by atoms with Crippen molar-refractivity contribution in [2.45, 2.75) is 13.8 Å². The van der Waals surface area contributed by atoms with Crippen molar-refractivity contribution in [2.24, 2.45) is 0 Å². The number of anilines is 3. The molecule has 0 aliphatic rings. The summed E-state index contributed by atoms with van der Waals surface area (Å²) in [5, 5.41) is 0. The molecule has 0 aliphatic heterocycles. The zero-order valence-electron chi connectivity index (χ0n) is 12.0. The summed E-state index contributed by atoms with van der Waals surface area (Å²) in [5.74, 6) is -0.146. The molecule has 0 heterocycles. The second kappa shape index (κ2) is 5.25. The molecule has 2 aromatic carbocycles. The number of carbonyl (C=O) groups is 1. The maximum Gasteiger partial charge on any atom is 0.260 e. The van der Waals surface area contributed by atoms with Crippen molar-refractivity contribution in [3.05, 3.63) is 53.1 Å². The van der Waals surface area contributed by atoms with Crippen LogP contribution in [0.15, 0.2) is 36.4 Å². The minimum atomic E-state index is -0.146. The van der Waals surface area contributed by atoms with E-state index in [1.54, 1.807) is 30.1 Å². The molecule has 0 aliphatic carbocycles. The third kappa shape index (κ3) is 2.74. The summed E-state index contributed by atoms with van der Waals surface area (Å²) < 4.78 is 0. The van der Waals surface area contributed by atoms with Crippen molar-refractivity contribution < 1.29 is 4.79 Å². The Morgan fingerprint density at radius 3 is 2.15 bits per heavy atom. The van der Waals surface area contributed by atoms with E-state index in [0.29, 0.717) is 16.9 Å². The lowest BCUT2D eigenvalue weighted by molar-refractivity contribution is 0.0994. The highest BCUT2D eigenvalue weighted by molar-refractivity contribution is 6.09. The van der Waals surface area contributed by atoms with Crippen LogP contribution in [0.1, 0.15) is 21.5 Å². The number of nitrogens with zero attached hydrogens (tertiary/aromatic N) is 1. The summed E-state index contributed by atoms with van der Waals surface area (Å²) in [4.78, 5) is 14.1. The SMILES string of the molecule is Cc1cc(C)cc(N(C)C(=O)c2ccc(N)cc2N)c1. The van der Waals surface area contributed by atoms with Gasteiger partial charge in [0.1, 0.15) is 0 Å². The van der Waals surface area contributed by atoms with Gasteiger partial charge in [-0.15, -0.1) is 0 Å². The minimum Gasteiger partial charge on any atom is -0.399 e. The van der Waals surface area contributed by atoms with Crippen molar-refractivity contribution in [3.8, 4) is 0 Å². The molecule has 4 heteroatoms. The van der Waals surface area contributed by atoms with E-state index in [0.717, 1.165) is 16.8 Å². The predicted molar refractivity (Wildman–Crippen MR) is 83.9 cm³/mol. The Balaban J connectivity index is 2.37. The molecule has 4 nitrogen and oxygen atoms in total. The molecule has 0 aromatic heterocycles. The van der Waals surface area contributed by atoms with Gasteiger partial charge in [-0.05, 0) is 55.3 Å². The number of nitrogens with two attached hydrogens (primary N) is 2. The van der Waals surface area contributed by atoms with Crippen LogP contribution in [0.2, 0.25) is 0 Å². The van der Waals surface area contributed by atoms with Crippen molar-refractivity contribution in [1.29, 1.82) is 0 Å². The first-order valence-electron chi connectivity index (χ1n) is 6.40. The highest BCUT2D eigenvalue weighted by atomic mass is 16.2. The molecule has 0 unspecified atom stereocenters. The van der Waals surface area contributed by atoms with Gasteiger partial charge >= 0.3 is 0 Å². The topological polar surface area (TPSA) is 72.3 Å². The van der Waals surface area contributed by atoms with Crippen molar-refractivity contribution >= 4 is 23.0 Å². The third-order valence-corrected chi connectivity index (χ3v) is 3.20. The molecule has 0 saturated carbocycles. The zero-order valence-corrected chi connectivity index (χ0v) is 12.0. The summed E-state index contributed by atoms with van der Waals surface area (Å²) >= 11 is 0. The molecule has 0 spiro atoms. The minimum absolute atomic E-state index is 0.146. The van der Waals surface area contributed by atoms with E-state index in [2.05, 4.69) is 6.07 Å². The number of benzene rings is 2. The number of nitrogen functional groups attached to an aromatic ring is 2. The van der Waals surface area contributed by atoms with Gasteiger partial charge in [0.05, 0.1) is 5.56 Å². The molecule has 2 rings (SSSR count). The van der Waals surface area contributed by atoms with E-state index in [4.69, 9.17) is 11.5 Å². The quantitative estimate of drug-likeness (QED) is 0.823. The number of aryl methyl sites for hydroxylation is 2. The van der Waals surface area contributed by atoms with E-state index in [1.807, 2.05) is 26.0 Å². The molecule has 0 fully saturated rings. The van der Waals surface area contributed by atoms with Crippen molar-refractivity contribution in [2.75, 3.05) is 23.4 Å². The van der Waals surface area contributed by atoms with Crippen LogP contribution in [0.3, 0.4) is 0 Å². The average molecular weight is 269 g/mol. The first-order chi connectivity index (χ1) is 9.38. The van der Waals surface area contributed by atoms with E-state index in [1.165, 1.54) is 0 Å². The van der Waals surface area contributed by atoms with Crippen LogP contribution < -0.4 is 16.4 Å². The van der Waals surface area contributed by atoms with Crippen molar-refractivity contribution in [3.63, 3.8) is 0 Å². The normalized spacial score (nSPS) is 10.3. The Bertz CT molecular complexity index is 645. The van der Waals surface area contributed by atoms with Crippen LogP contribution in [-0.4, -0.2) is 13.0 Å². The van der Waals surface area contributed by atoms with Gasteiger partial charge in [-0.1, -0.05) is 6.07 Å². The number of amides is 1. The van der Waals surface area contributed by atoms with Gasteiger partial charge in [0, 0.05) is 24.1 Å². The molecular formula is C16H19N3O. The highest BCUT2D eigenvalue weighted by Gasteiger charge is 2.16. The molecule has 1 amide bonds. The molecule has 0 radical (unpaired) electrons. The fourth-order valence-corrected chi connectivity index (χ4v) is 2.22. The average Bonchev–Trinajstić information content (AvgIpc) is 2.36. The van der Waals surface area contributed by atoms with Gasteiger partial charge < -0.3 is 16.4 Å². The first kappa shape index (κ1) is 13.9. The van der Waals surface area contributed by atoms with Gasteiger partial charge in [-0.3, -0.25) is 4.79 Å². The lowest BCUT2D eigenvalue weighted by atomic mass is 10.1. The Kier molecular flexibility index (Phi) is 3.66. The molecular weight excluding hydrogens is 250 g/mol. The molecule has 0 atom stereocenters. The summed E-state index contributed by atoms with van der Waals surface area (Å²) in [7, 11) is 1.74. The van der Waals surface area contributed by atoms with Crippen LogP contribution >= 0.6 is 0 Å². The maximum absolute atomic E-state index is 12.5. The molecule has 0 bridgehead atoms. The molecule has 20 heavy (non-hydrogen) atoms. The number of hydrogen-bond acceptors (Lipinski definition) is 3. The smallest absolute Gasteiger partial charge is 0.260 e. The van der Waals surface area contributed by atoms with E-state index >= 15 is 0 Å². The fraction of sp³-hybridized carbons (Fsp3) is 0.188. The second-order valence-electron chi connectivity index (χ2n) is 5.06. The van der Waals surface area contributed by atoms with Gasteiger partial charge in [0.25, 0.3) is 5.91 Å². The number of carbonyl (C=O) groups excluding carboxylic acids is 1. The third-order valence-electron chi connectivity index (χ3n) is 3.20. The molecule has 4 N–H and O–H groups in total. The summed E-state index contributed by atoms with van der Waals surface area (Å²) in [6, 6.07) is 10.9. The van der Waals surface area contributed by atoms with Gasteiger partial charge in [0.2, 0.25) is 0 Å². The zero-order chi connectivity index (χ0) is 14.9. The lowest BCUT2D eigenvalue weighted by Crippen LogP contribution is -2.27. The van der Waals surface area contributed by atoms with E-state index < -0.39 is 0 Å². The second-order valence-corrected chi connectivity index (χ2v) is 5.06. The maximum atomic E-state index is 12.5. The Hall–Kier alpha value is -2.49. The number of rotatable bonds is 2. The first-order valence-corrected chi connectivity index (χ1v) is 6.40. The standard InChI is InChI=1S/C16H19N3O/c1-10-6-11(2)8-13(7-10)19(3)16(20)14-5-4-12(17)9-15(14)18/h4-9H,17-18H2,1-3H3. The van der Waals surface area contributed by atoms with Crippen LogP contribution in [0.5, 0.6) is 0 Å². The van der Waals surface area contributed by atoms with Gasteiger partial charge in [-0.2, -0.15) is 0 Å². The van der Waals surface area contributed by atoms with Gasteiger partial charge in [0.15, 0.2) is 0 Å². The van der Waals surface area contributed by atoms with Crippen molar-refractivity contribution in [1.82, 2.24) is 0 Å².